The van der Waals surface area contributed by atoms with Crippen molar-refractivity contribution in [3.8, 4) is 5.75 Å². The molecule has 11 N–H and O–H groups in total. The van der Waals surface area contributed by atoms with Gasteiger partial charge < -0.3 is 43.4 Å². The van der Waals surface area contributed by atoms with Gasteiger partial charge in [-0.1, -0.05) is 32.4 Å². The standard InChI is InChI=1S/C24H38N6O7/c1-13(2)20(23(35)29-18(24(36)37)11-14-6-8-15(31)9-7-14)30-22(34)17(12-19(27)32)28-21(33)16(26)5-3-4-10-25/h6-9,13,16-18,20,31H,3-5,10-12,25-26H2,1-2H3,(H2,27,32)(H,28,33)(H,29,35)(H,30,34)(H,36,37). The van der Waals surface area contributed by atoms with E-state index < -0.39 is 66.1 Å². The second-order valence-electron chi connectivity index (χ2n) is 9.12. The van der Waals surface area contributed by atoms with Gasteiger partial charge in [-0.2, -0.15) is 0 Å². The third-order valence-corrected chi connectivity index (χ3v) is 5.58. The van der Waals surface area contributed by atoms with E-state index in [1.54, 1.807) is 13.8 Å². The monoisotopic (exact) mass is 522 g/mol. The van der Waals surface area contributed by atoms with E-state index >= 15 is 0 Å². The Morgan fingerprint density at radius 2 is 1.49 bits per heavy atom. The van der Waals surface area contributed by atoms with Gasteiger partial charge in [0.15, 0.2) is 0 Å². The molecule has 0 aromatic heterocycles. The summed E-state index contributed by atoms with van der Waals surface area (Å²) in [4.78, 5) is 61.6. The lowest BCUT2D eigenvalue weighted by atomic mass is 10.0. The van der Waals surface area contributed by atoms with Gasteiger partial charge in [0.1, 0.15) is 23.9 Å². The minimum absolute atomic E-state index is 0.0105. The smallest absolute Gasteiger partial charge is 0.326 e. The number of aliphatic carboxylic acids is 1. The Morgan fingerprint density at radius 1 is 0.892 bits per heavy atom. The number of carboxylic acids is 1. The molecular formula is C24H38N6O7. The van der Waals surface area contributed by atoms with Crippen LogP contribution in [0.4, 0.5) is 0 Å². The molecule has 13 nitrogen and oxygen atoms in total. The fourth-order valence-corrected chi connectivity index (χ4v) is 3.45. The topological polar surface area (TPSA) is 240 Å². The van der Waals surface area contributed by atoms with E-state index in [-0.39, 0.29) is 12.2 Å². The number of phenolic OH excluding ortho intramolecular Hbond substituents is 1. The highest BCUT2D eigenvalue weighted by Crippen LogP contribution is 2.12. The summed E-state index contributed by atoms with van der Waals surface area (Å²) < 4.78 is 0. The van der Waals surface area contributed by atoms with Crippen molar-refractivity contribution in [3.05, 3.63) is 29.8 Å². The van der Waals surface area contributed by atoms with Gasteiger partial charge >= 0.3 is 5.97 Å². The second kappa shape index (κ2) is 15.4. The predicted octanol–water partition coefficient (Wildman–Crippen LogP) is -1.54. The average molecular weight is 523 g/mol. The average Bonchev–Trinajstić information content (AvgIpc) is 2.82. The SMILES string of the molecule is CC(C)C(NC(=O)C(CC(N)=O)NC(=O)C(N)CCCCN)C(=O)NC(Cc1ccc(O)cc1)C(=O)O. The van der Waals surface area contributed by atoms with Crippen LogP contribution in [-0.2, 0) is 30.4 Å². The maximum absolute atomic E-state index is 13.0. The van der Waals surface area contributed by atoms with Crippen molar-refractivity contribution in [1.29, 1.82) is 0 Å². The van der Waals surface area contributed by atoms with Crippen molar-refractivity contribution in [2.24, 2.45) is 23.1 Å². The molecule has 0 spiro atoms. The first-order valence-electron chi connectivity index (χ1n) is 12.0. The van der Waals surface area contributed by atoms with Crippen LogP contribution in [0.15, 0.2) is 24.3 Å². The third-order valence-electron chi connectivity index (χ3n) is 5.58. The Hall–Kier alpha value is -3.71. The van der Waals surface area contributed by atoms with E-state index in [2.05, 4.69) is 16.0 Å². The second-order valence-corrected chi connectivity index (χ2v) is 9.12. The predicted molar refractivity (Wildman–Crippen MR) is 135 cm³/mol. The van der Waals surface area contributed by atoms with Gasteiger partial charge in [-0.25, -0.2) is 4.79 Å². The molecule has 206 valence electrons. The van der Waals surface area contributed by atoms with Crippen LogP contribution in [0.2, 0.25) is 0 Å². The number of unbranched alkanes of at least 4 members (excludes halogenated alkanes) is 1. The molecule has 1 aromatic carbocycles. The van der Waals surface area contributed by atoms with Crippen LogP contribution < -0.4 is 33.2 Å². The molecule has 0 heterocycles. The molecule has 37 heavy (non-hydrogen) atoms. The van der Waals surface area contributed by atoms with Gasteiger partial charge in [0.05, 0.1) is 12.5 Å². The molecule has 0 aliphatic rings. The number of nitrogens with one attached hydrogen (secondary N) is 3. The van der Waals surface area contributed by atoms with Gasteiger partial charge in [-0.3, -0.25) is 19.2 Å². The number of rotatable bonds is 16. The number of aromatic hydroxyl groups is 1. The van der Waals surface area contributed by atoms with Crippen LogP contribution in [-0.4, -0.2) is 70.5 Å². The molecule has 1 rings (SSSR count). The van der Waals surface area contributed by atoms with Crippen molar-refractivity contribution < 1.29 is 34.2 Å². The van der Waals surface area contributed by atoms with Gasteiger partial charge in [0, 0.05) is 6.42 Å². The molecule has 1 aromatic rings. The minimum atomic E-state index is -1.38. The number of hydrogen-bond donors (Lipinski definition) is 8. The Bertz CT molecular complexity index is 938. The van der Waals surface area contributed by atoms with E-state index in [0.717, 1.165) is 0 Å². The van der Waals surface area contributed by atoms with Gasteiger partial charge in [-0.05, 0) is 43.0 Å². The zero-order valence-electron chi connectivity index (χ0n) is 21.1. The maximum atomic E-state index is 13.0. The Labute approximate surface area is 215 Å². The summed E-state index contributed by atoms with van der Waals surface area (Å²) in [5.41, 5.74) is 17.1. The Morgan fingerprint density at radius 3 is 2.00 bits per heavy atom. The van der Waals surface area contributed by atoms with Crippen molar-refractivity contribution in [2.75, 3.05) is 6.54 Å². The number of carboxylic acid groups (broad SMARTS) is 1. The molecule has 4 amide bonds. The highest BCUT2D eigenvalue weighted by Gasteiger charge is 2.32. The summed E-state index contributed by atoms with van der Waals surface area (Å²) in [6.07, 6.45) is 0.993. The van der Waals surface area contributed by atoms with E-state index in [4.69, 9.17) is 17.2 Å². The maximum Gasteiger partial charge on any atom is 0.326 e. The fraction of sp³-hybridized carbons (Fsp3) is 0.542. The van der Waals surface area contributed by atoms with Crippen molar-refractivity contribution >= 4 is 29.6 Å². The first kappa shape index (κ1) is 31.3. The lowest BCUT2D eigenvalue weighted by Crippen LogP contribution is -2.59. The molecule has 0 saturated heterocycles. The number of nitrogens with two attached hydrogens (primary N) is 3. The molecule has 0 fully saturated rings. The van der Waals surface area contributed by atoms with Crippen LogP contribution in [0.25, 0.3) is 0 Å². The van der Waals surface area contributed by atoms with Crippen molar-refractivity contribution in [1.82, 2.24) is 16.0 Å². The molecule has 0 aliphatic carbocycles. The van der Waals surface area contributed by atoms with Gasteiger partial charge in [-0.15, -0.1) is 0 Å². The number of amides is 4. The minimum Gasteiger partial charge on any atom is -0.508 e. The molecule has 0 bridgehead atoms. The van der Waals surface area contributed by atoms with Gasteiger partial charge in [0.2, 0.25) is 23.6 Å². The number of carbonyl (C=O) groups is 5. The summed E-state index contributed by atoms with van der Waals surface area (Å²) in [6, 6.07) is 1.02. The number of phenols is 1. The first-order valence-corrected chi connectivity index (χ1v) is 12.0. The molecule has 0 radical (unpaired) electrons. The first-order chi connectivity index (χ1) is 17.3. The number of hydrogen-bond acceptors (Lipinski definition) is 8. The van der Waals surface area contributed by atoms with Gasteiger partial charge in [0.25, 0.3) is 0 Å². The largest absolute Gasteiger partial charge is 0.508 e. The lowest BCUT2D eigenvalue weighted by Gasteiger charge is -2.27. The zero-order chi connectivity index (χ0) is 28.1. The third kappa shape index (κ3) is 11.3. The molecule has 13 heteroatoms. The molecule has 4 atom stereocenters. The lowest BCUT2D eigenvalue weighted by molar-refractivity contribution is -0.142. The summed E-state index contributed by atoms with van der Waals surface area (Å²) in [5.74, 6) is -4.89. The molecular weight excluding hydrogens is 484 g/mol. The molecule has 4 unspecified atom stereocenters. The van der Waals surface area contributed by atoms with Crippen molar-refractivity contribution in [2.45, 2.75) is 70.1 Å². The van der Waals surface area contributed by atoms with Crippen LogP contribution in [0, 0.1) is 5.92 Å². The van der Waals surface area contributed by atoms with E-state index in [0.29, 0.717) is 31.4 Å². The number of benzene rings is 1. The highest BCUT2D eigenvalue weighted by molar-refractivity contribution is 5.96. The normalized spacial score (nSPS) is 14.2. The van der Waals surface area contributed by atoms with E-state index in [1.807, 2.05) is 0 Å². The van der Waals surface area contributed by atoms with Crippen molar-refractivity contribution in [3.63, 3.8) is 0 Å². The number of primary amides is 1. The fourth-order valence-electron chi connectivity index (χ4n) is 3.45. The molecule has 0 aliphatic heterocycles. The quantitative estimate of drug-likeness (QED) is 0.117. The van der Waals surface area contributed by atoms with E-state index in [1.165, 1.54) is 24.3 Å². The number of carbonyl (C=O) groups excluding carboxylic acids is 4. The Balaban J connectivity index is 2.94. The van der Waals surface area contributed by atoms with Crippen LogP contribution in [0.5, 0.6) is 5.75 Å². The summed E-state index contributed by atoms with van der Waals surface area (Å²) >= 11 is 0. The van der Waals surface area contributed by atoms with Crippen LogP contribution in [0.1, 0.15) is 45.1 Å². The van der Waals surface area contributed by atoms with Crippen LogP contribution >= 0.6 is 0 Å². The van der Waals surface area contributed by atoms with Crippen LogP contribution in [0.3, 0.4) is 0 Å². The zero-order valence-corrected chi connectivity index (χ0v) is 21.1. The molecule has 0 saturated carbocycles. The highest BCUT2D eigenvalue weighted by atomic mass is 16.4. The summed E-state index contributed by atoms with van der Waals surface area (Å²) in [6.45, 7) is 3.71. The van der Waals surface area contributed by atoms with E-state index in [9.17, 15) is 34.2 Å². The summed E-state index contributed by atoms with van der Waals surface area (Å²) in [5, 5.41) is 26.3. The Kier molecular flexibility index (Phi) is 13.0. The summed E-state index contributed by atoms with van der Waals surface area (Å²) in [7, 11) is 0.